The van der Waals surface area contributed by atoms with Crippen molar-refractivity contribution in [3.63, 3.8) is 0 Å². The zero-order valence-corrected chi connectivity index (χ0v) is 12.0. The summed E-state index contributed by atoms with van der Waals surface area (Å²) in [5.74, 6) is -1.04. The lowest BCUT2D eigenvalue weighted by Gasteiger charge is -2.20. The number of benzene rings is 2. The lowest BCUT2D eigenvalue weighted by molar-refractivity contribution is 0.276. The SMILES string of the molecule is Cc1ccc(C2=NN(C)C(c3c(F)cccc3F)C2)cc1. The normalized spacial score (nSPS) is 18.0. The summed E-state index contributed by atoms with van der Waals surface area (Å²) in [6.07, 6.45) is 0.497. The van der Waals surface area contributed by atoms with Crippen LogP contribution in [0.25, 0.3) is 0 Å². The highest BCUT2D eigenvalue weighted by atomic mass is 19.1. The standard InChI is InChI=1S/C17H16F2N2/c1-11-6-8-12(9-7-11)15-10-16(21(2)20-15)17-13(18)4-3-5-14(17)19/h3-9,16H,10H2,1-2H3. The first-order chi connectivity index (χ1) is 10.1. The Morgan fingerprint density at radius 2 is 1.67 bits per heavy atom. The maximum Gasteiger partial charge on any atom is 0.131 e. The van der Waals surface area contributed by atoms with E-state index in [4.69, 9.17) is 0 Å². The maximum atomic E-state index is 13.9. The third-order valence-electron chi connectivity index (χ3n) is 3.83. The van der Waals surface area contributed by atoms with E-state index in [1.807, 2.05) is 31.2 Å². The summed E-state index contributed by atoms with van der Waals surface area (Å²) >= 11 is 0. The van der Waals surface area contributed by atoms with Gasteiger partial charge in [0.1, 0.15) is 11.6 Å². The molecule has 0 saturated carbocycles. The van der Waals surface area contributed by atoms with Crippen LogP contribution in [-0.4, -0.2) is 17.8 Å². The zero-order valence-electron chi connectivity index (χ0n) is 12.0. The highest BCUT2D eigenvalue weighted by Gasteiger charge is 2.30. The first-order valence-electron chi connectivity index (χ1n) is 6.87. The lowest BCUT2D eigenvalue weighted by Crippen LogP contribution is -2.17. The highest BCUT2D eigenvalue weighted by molar-refractivity contribution is 6.01. The van der Waals surface area contributed by atoms with Crippen molar-refractivity contribution in [2.75, 3.05) is 7.05 Å². The minimum absolute atomic E-state index is 0.0888. The topological polar surface area (TPSA) is 15.6 Å². The molecule has 2 aromatic carbocycles. The van der Waals surface area contributed by atoms with Gasteiger partial charge in [0.2, 0.25) is 0 Å². The van der Waals surface area contributed by atoms with Crippen LogP contribution in [0.3, 0.4) is 0 Å². The first kappa shape index (κ1) is 13.7. The molecule has 21 heavy (non-hydrogen) atoms. The van der Waals surface area contributed by atoms with Crippen LogP contribution in [0, 0.1) is 18.6 Å². The van der Waals surface area contributed by atoms with Gasteiger partial charge in [0.05, 0.1) is 11.8 Å². The molecular weight excluding hydrogens is 270 g/mol. The summed E-state index contributed by atoms with van der Waals surface area (Å²) in [6.45, 7) is 2.02. The minimum Gasteiger partial charge on any atom is -0.292 e. The predicted molar refractivity (Wildman–Crippen MR) is 79.2 cm³/mol. The molecule has 2 aromatic rings. The molecule has 0 aliphatic carbocycles. The summed E-state index contributed by atoms with van der Waals surface area (Å²) in [5, 5.41) is 6.08. The minimum atomic E-state index is -0.521. The molecule has 0 N–H and O–H groups in total. The molecule has 108 valence electrons. The number of hydrazone groups is 1. The van der Waals surface area contributed by atoms with Gasteiger partial charge in [-0.25, -0.2) is 8.78 Å². The smallest absolute Gasteiger partial charge is 0.131 e. The van der Waals surface area contributed by atoms with Crippen LogP contribution in [0.15, 0.2) is 47.6 Å². The third-order valence-corrected chi connectivity index (χ3v) is 3.83. The number of nitrogens with zero attached hydrogens (tertiary/aromatic N) is 2. The van der Waals surface area contributed by atoms with Crippen LogP contribution in [0.2, 0.25) is 0 Å². The van der Waals surface area contributed by atoms with Gasteiger partial charge in [0.15, 0.2) is 0 Å². The van der Waals surface area contributed by atoms with Crippen molar-refractivity contribution in [2.24, 2.45) is 5.10 Å². The fraction of sp³-hybridized carbons (Fsp3) is 0.235. The van der Waals surface area contributed by atoms with Crippen LogP contribution >= 0.6 is 0 Å². The average Bonchev–Trinajstić information content (AvgIpc) is 2.81. The van der Waals surface area contributed by atoms with Crippen molar-refractivity contribution in [1.29, 1.82) is 0 Å². The molecule has 0 radical (unpaired) electrons. The Labute approximate surface area is 122 Å². The van der Waals surface area contributed by atoms with E-state index >= 15 is 0 Å². The van der Waals surface area contributed by atoms with E-state index in [0.29, 0.717) is 6.42 Å². The third kappa shape index (κ3) is 2.53. The lowest BCUT2D eigenvalue weighted by atomic mass is 9.97. The largest absolute Gasteiger partial charge is 0.292 e. The Morgan fingerprint density at radius 1 is 1.05 bits per heavy atom. The van der Waals surface area contributed by atoms with Crippen molar-refractivity contribution >= 4 is 5.71 Å². The molecule has 0 spiro atoms. The van der Waals surface area contributed by atoms with Gasteiger partial charge in [-0.2, -0.15) is 5.10 Å². The molecule has 0 bridgehead atoms. The van der Waals surface area contributed by atoms with Gasteiger partial charge in [0.25, 0.3) is 0 Å². The van der Waals surface area contributed by atoms with Crippen molar-refractivity contribution in [3.05, 3.63) is 70.8 Å². The molecule has 0 aromatic heterocycles. The van der Waals surface area contributed by atoms with Crippen molar-refractivity contribution in [3.8, 4) is 0 Å². The van der Waals surface area contributed by atoms with Gasteiger partial charge in [0, 0.05) is 19.0 Å². The summed E-state index contributed by atoms with van der Waals surface area (Å²) in [6, 6.07) is 11.5. The van der Waals surface area contributed by atoms with E-state index < -0.39 is 17.7 Å². The summed E-state index contributed by atoms with van der Waals surface area (Å²) in [7, 11) is 1.75. The predicted octanol–water partition coefficient (Wildman–Crippen LogP) is 4.05. The van der Waals surface area contributed by atoms with Gasteiger partial charge in [-0.1, -0.05) is 35.9 Å². The van der Waals surface area contributed by atoms with Crippen LogP contribution in [0.4, 0.5) is 8.78 Å². The van der Waals surface area contributed by atoms with Gasteiger partial charge in [-0.05, 0) is 24.6 Å². The van der Waals surface area contributed by atoms with E-state index in [0.717, 1.165) is 11.3 Å². The van der Waals surface area contributed by atoms with Gasteiger partial charge in [-0.3, -0.25) is 5.01 Å². The Hall–Kier alpha value is -2.23. The van der Waals surface area contributed by atoms with Crippen LogP contribution in [0.1, 0.15) is 29.2 Å². The highest BCUT2D eigenvalue weighted by Crippen LogP contribution is 2.34. The number of hydrogen-bond acceptors (Lipinski definition) is 2. The fourth-order valence-corrected chi connectivity index (χ4v) is 2.66. The molecule has 1 unspecified atom stereocenters. The van der Waals surface area contributed by atoms with Crippen molar-refractivity contribution < 1.29 is 8.78 Å². The van der Waals surface area contributed by atoms with E-state index in [-0.39, 0.29) is 5.56 Å². The Morgan fingerprint density at radius 3 is 2.29 bits per heavy atom. The van der Waals surface area contributed by atoms with Crippen molar-refractivity contribution in [2.45, 2.75) is 19.4 Å². The average molecular weight is 286 g/mol. The quantitative estimate of drug-likeness (QED) is 0.813. The molecule has 0 fully saturated rings. The molecule has 3 rings (SSSR count). The molecule has 4 heteroatoms. The second-order valence-electron chi connectivity index (χ2n) is 5.34. The van der Waals surface area contributed by atoms with E-state index in [9.17, 15) is 8.78 Å². The Kier molecular flexibility index (Phi) is 3.45. The van der Waals surface area contributed by atoms with Gasteiger partial charge >= 0.3 is 0 Å². The molecule has 1 aliphatic heterocycles. The van der Waals surface area contributed by atoms with Gasteiger partial charge < -0.3 is 0 Å². The Balaban J connectivity index is 1.91. The molecule has 1 atom stereocenters. The molecule has 0 saturated heterocycles. The molecule has 1 aliphatic rings. The molecule has 2 nitrogen and oxygen atoms in total. The monoisotopic (exact) mass is 286 g/mol. The fourth-order valence-electron chi connectivity index (χ4n) is 2.66. The van der Waals surface area contributed by atoms with Crippen LogP contribution in [0.5, 0.6) is 0 Å². The maximum absolute atomic E-state index is 13.9. The van der Waals surface area contributed by atoms with E-state index in [1.54, 1.807) is 12.1 Å². The van der Waals surface area contributed by atoms with Gasteiger partial charge in [-0.15, -0.1) is 0 Å². The van der Waals surface area contributed by atoms with Crippen LogP contribution in [-0.2, 0) is 0 Å². The second kappa shape index (κ2) is 5.28. The first-order valence-corrected chi connectivity index (χ1v) is 6.87. The number of halogens is 2. The molecule has 1 heterocycles. The molecular formula is C17H16F2N2. The summed E-state index contributed by atoms with van der Waals surface area (Å²) in [5.41, 5.74) is 3.10. The number of aryl methyl sites for hydroxylation is 1. The van der Waals surface area contributed by atoms with E-state index in [2.05, 4.69) is 5.10 Å². The number of hydrogen-bond donors (Lipinski definition) is 0. The molecule has 0 amide bonds. The second-order valence-corrected chi connectivity index (χ2v) is 5.34. The number of rotatable bonds is 2. The summed E-state index contributed by atoms with van der Waals surface area (Å²) in [4.78, 5) is 0. The summed E-state index contributed by atoms with van der Waals surface area (Å²) < 4.78 is 27.9. The van der Waals surface area contributed by atoms with Crippen molar-refractivity contribution in [1.82, 2.24) is 5.01 Å². The van der Waals surface area contributed by atoms with Crippen LogP contribution < -0.4 is 0 Å². The Bertz CT molecular complexity index is 672. The van der Waals surface area contributed by atoms with E-state index in [1.165, 1.54) is 23.8 Å². The zero-order chi connectivity index (χ0) is 15.0.